The standard InChI is InChI=1S/C25H37NO2/c1-4-18-21-15-17(27)10-12-25(21,3)20-11-13-24(2)16(7-5-6-14-26)8-9-19(24)22(20)23(18)28/h15-16,18-20,22-23,28H,4-13H2,1-3H3/t16?,18-,19?,20?,22?,23+,24+,25+/m0/s1. The molecule has 0 aromatic heterocycles. The predicted octanol–water partition coefficient (Wildman–Crippen LogP) is 5.44. The second-order valence-corrected chi connectivity index (χ2v) is 10.6. The van der Waals surface area contributed by atoms with Crippen LogP contribution in [-0.2, 0) is 4.79 Å². The molecule has 8 atom stereocenters. The lowest BCUT2D eigenvalue weighted by Crippen LogP contribution is -2.58. The highest BCUT2D eigenvalue weighted by Gasteiger charge is 2.62. The van der Waals surface area contributed by atoms with Gasteiger partial charge in [0.1, 0.15) is 0 Å². The lowest BCUT2D eigenvalue weighted by molar-refractivity contribution is -0.134. The average Bonchev–Trinajstić information content (AvgIpc) is 3.00. The number of carbonyl (C=O) groups excluding carboxylic acids is 1. The molecule has 4 rings (SSSR count). The molecule has 28 heavy (non-hydrogen) atoms. The molecule has 0 amide bonds. The van der Waals surface area contributed by atoms with E-state index in [4.69, 9.17) is 5.26 Å². The van der Waals surface area contributed by atoms with E-state index in [2.05, 4.69) is 26.8 Å². The first-order chi connectivity index (χ1) is 13.4. The smallest absolute Gasteiger partial charge is 0.155 e. The van der Waals surface area contributed by atoms with Gasteiger partial charge in [0.25, 0.3) is 0 Å². The predicted molar refractivity (Wildman–Crippen MR) is 110 cm³/mol. The number of nitrogens with zero attached hydrogens (tertiary/aromatic N) is 1. The molecule has 0 aliphatic heterocycles. The number of unbranched alkanes of at least 4 members (excludes halogenated alkanes) is 1. The summed E-state index contributed by atoms with van der Waals surface area (Å²) >= 11 is 0. The van der Waals surface area contributed by atoms with Gasteiger partial charge in [0, 0.05) is 18.8 Å². The summed E-state index contributed by atoms with van der Waals surface area (Å²) in [5.74, 6) is 2.60. The molecule has 0 saturated heterocycles. The summed E-state index contributed by atoms with van der Waals surface area (Å²) in [4.78, 5) is 12.2. The average molecular weight is 384 g/mol. The van der Waals surface area contributed by atoms with Crippen LogP contribution in [0.2, 0.25) is 0 Å². The summed E-state index contributed by atoms with van der Waals surface area (Å²) in [6.07, 6.45) is 12.0. The zero-order valence-electron chi connectivity index (χ0n) is 17.9. The van der Waals surface area contributed by atoms with Gasteiger partial charge in [0.2, 0.25) is 0 Å². The highest BCUT2D eigenvalue weighted by molar-refractivity contribution is 5.91. The lowest BCUT2D eigenvalue weighted by Gasteiger charge is -2.61. The van der Waals surface area contributed by atoms with E-state index in [-0.39, 0.29) is 23.2 Å². The van der Waals surface area contributed by atoms with Gasteiger partial charge in [-0.05, 0) is 91.9 Å². The molecule has 0 bridgehead atoms. The fourth-order valence-electron chi connectivity index (χ4n) is 8.21. The molecule has 3 heteroatoms. The Bertz CT molecular complexity index is 706. The van der Waals surface area contributed by atoms with Crippen molar-refractivity contribution in [1.82, 2.24) is 0 Å². The first-order valence-corrected chi connectivity index (χ1v) is 11.7. The van der Waals surface area contributed by atoms with Gasteiger partial charge in [0.15, 0.2) is 5.78 Å². The van der Waals surface area contributed by atoms with E-state index in [0.717, 1.165) is 19.3 Å². The molecule has 3 fully saturated rings. The van der Waals surface area contributed by atoms with E-state index < -0.39 is 0 Å². The SMILES string of the molecule is CC[C@H]1C2=CC(=O)CC[C@]2(C)C2CC[C@]3(C)C(CCCC#N)CCC3C2[C@@H]1O. The molecule has 4 unspecified atom stereocenters. The number of fused-ring (bicyclic) bond motifs is 5. The van der Waals surface area contributed by atoms with Crippen molar-refractivity contribution in [2.24, 2.45) is 40.4 Å². The normalized spacial score (nSPS) is 47.5. The summed E-state index contributed by atoms with van der Waals surface area (Å²) in [5.41, 5.74) is 1.68. The first-order valence-electron chi connectivity index (χ1n) is 11.7. The summed E-state index contributed by atoms with van der Waals surface area (Å²) in [7, 11) is 0. The zero-order valence-corrected chi connectivity index (χ0v) is 17.9. The van der Waals surface area contributed by atoms with E-state index >= 15 is 0 Å². The van der Waals surface area contributed by atoms with Crippen molar-refractivity contribution in [3.8, 4) is 6.07 Å². The van der Waals surface area contributed by atoms with Crippen molar-refractivity contribution in [2.75, 3.05) is 0 Å². The number of carbonyl (C=O) groups is 1. The molecule has 3 saturated carbocycles. The molecular formula is C25H37NO2. The van der Waals surface area contributed by atoms with Crippen molar-refractivity contribution in [3.05, 3.63) is 11.6 Å². The summed E-state index contributed by atoms with van der Waals surface area (Å²) in [6.45, 7) is 7.07. The summed E-state index contributed by atoms with van der Waals surface area (Å²) < 4.78 is 0. The molecule has 0 radical (unpaired) electrons. The van der Waals surface area contributed by atoms with Crippen LogP contribution >= 0.6 is 0 Å². The Hall–Kier alpha value is -1.14. The fraction of sp³-hybridized carbons (Fsp3) is 0.840. The number of nitriles is 1. The van der Waals surface area contributed by atoms with Crippen LogP contribution in [0.15, 0.2) is 11.6 Å². The maximum absolute atomic E-state index is 12.2. The summed E-state index contributed by atoms with van der Waals surface area (Å²) in [5, 5.41) is 20.5. The molecular weight excluding hydrogens is 346 g/mol. The molecule has 154 valence electrons. The van der Waals surface area contributed by atoms with E-state index in [1.807, 2.05) is 6.08 Å². The molecule has 0 aromatic rings. The maximum atomic E-state index is 12.2. The van der Waals surface area contributed by atoms with Gasteiger partial charge in [0.05, 0.1) is 12.2 Å². The second-order valence-electron chi connectivity index (χ2n) is 10.6. The minimum atomic E-state index is -0.303. The molecule has 0 spiro atoms. The highest BCUT2D eigenvalue weighted by atomic mass is 16.3. The third kappa shape index (κ3) is 2.82. The van der Waals surface area contributed by atoms with E-state index in [1.165, 1.54) is 37.7 Å². The van der Waals surface area contributed by atoms with Gasteiger partial charge in [-0.2, -0.15) is 5.26 Å². The third-order valence-electron chi connectivity index (χ3n) is 9.70. The van der Waals surface area contributed by atoms with Crippen LogP contribution in [0.1, 0.15) is 85.0 Å². The molecule has 1 N–H and O–H groups in total. The monoisotopic (exact) mass is 383 g/mol. The Morgan fingerprint density at radius 1 is 1.21 bits per heavy atom. The number of aliphatic hydroxyl groups is 1. The van der Waals surface area contributed by atoms with Crippen LogP contribution < -0.4 is 0 Å². The topological polar surface area (TPSA) is 61.1 Å². The number of hydrogen-bond donors (Lipinski definition) is 1. The number of hydrogen-bond acceptors (Lipinski definition) is 3. The molecule has 0 heterocycles. The van der Waals surface area contributed by atoms with Crippen LogP contribution in [0.3, 0.4) is 0 Å². The number of ketones is 1. The molecule has 0 aromatic carbocycles. The van der Waals surface area contributed by atoms with E-state index in [9.17, 15) is 9.90 Å². The zero-order chi connectivity index (χ0) is 20.1. The van der Waals surface area contributed by atoms with Crippen molar-refractivity contribution >= 4 is 5.78 Å². The molecule has 4 aliphatic rings. The van der Waals surface area contributed by atoms with Gasteiger partial charge >= 0.3 is 0 Å². The highest BCUT2D eigenvalue weighted by Crippen LogP contribution is 2.68. The van der Waals surface area contributed by atoms with Gasteiger partial charge < -0.3 is 5.11 Å². The number of aliphatic hydroxyl groups excluding tert-OH is 1. The summed E-state index contributed by atoms with van der Waals surface area (Å²) in [6, 6.07) is 2.31. The van der Waals surface area contributed by atoms with Crippen molar-refractivity contribution in [2.45, 2.75) is 91.1 Å². The third-order valence-corrected chi connectivity index (χ3v) is 9.70. The van der Waals surface area contributed by atoms with Crippen LogP contribution in [0.5, 0.6) is 0 Å². The minimum Gasteiger partial charge on any atom is -0.392 e. The largest absolute Gasteiger partial charge is 0.392 e. The quantitative estimate of drug-likeness (QED) is 0.658. The Labute approximate surface area is 170 Å². The molecule has 4 aliphatic carbocycles. The maximum Gasteiger partial charge on any atom is 0.155 e. The van der Waals surface area contributed by atoms with Crippen molar-refractivity contribution < 1.29 is 9.90 Å². The Morgan fingerprint density at radius 2 is 2.00 bits per heavy atom. The van der Waals surface area contributed by atoms with Crippen LogP contribution in [0, 0.1) is 51.8 Å². The molecule has 3 nitrogen and oxygen atoms in total. The van der Waals surface area contributed by atoms with Crippen LogP contribution in [0.25, 0.3) is 0 Å². The Morgan fingerprint density at radius 3 is 2.71 bits per heavy atom. The fourth-order valence-corrected chi connectivity index (χ4v) is 8.21. The number of rotatable bonds is 4. The van der Waals surface area contributed by atoms with Crippen LogP contribution in [-0.4, -0.2) is 17.0 Å². The van der Waals surface area contributed by atoms with E-state index in [0.29, 0.717) is 41.9 Å². The minimum absolute atomic E-state index is 0.0959. The van der Waals surface area contributed by atoms with Crippen molar-refractivity contribution in [1.29, 1.82) is 5.26 Å². The van der Waals surface area contributed by atoms with E-state index in [1.54, 1.807) is 0 Å². The van der Waals surface area contributed by atoms with Gasteiger partial charge in [-0.15, -0.1) is 0 Å². The van der Waals surface area contributed by atoms with Gasteiger partial charge in [-0.3, -0.25) is 4.79 Å². The lowest BCUT2D eigenvalue weighted by atomic mass is 9.44. The van der Waals surface area contributed by atoms with Gasteiger partial charge in [-0.25, -0.2) is 0 Å². The van der Waals surface area contributed by atoms with Crippen LogP contribution in [0.4, 0.5) is 0 Å². The Kier molecular flexibility index (Phi) is 5.24. The van der Waals surface area contributed by atoms with Gasteiger partial charge in [-0.1, -0.05) is 26.3 Å². The Balaban J connectivity index is 1.66. The first kappa shape index (κ1) is 20.1. The van der Waals surface area contributed by atoms with Crippen molar-refractivity contribution in [3.63, 3.8) is 0 Å². The second kappa shape index (κ2) is 7.28.